The fourth-order valence-electron chi connectivity index (χ4n) is 8.06. The van der Waals surface area contributed by atoms with Crippen LogP contribution in [0.25, 0.3) is 11.5 Å². The van der Waals surface area contributed by atoms with Crippen molar-refractivity contribution >= 4 is 40.9 Å². The standard InChI is InChI=1S/C47H52N10O9/c1-56-41(54-55-44(56)38-16-18-48-29-50-38)26-49-31-9-5-8-30(24-31)45(60)52-37-17-23-66-40-14-12-32(25-34(37)40)65-22-4-2-3-19-63-20-7-21-64-28-43(59)51-36-11-6-10-33-35(36)27-57(47(33)62)39-13-15-42(58)53-46(39)61/h5-6,8-12,14,16,18,24-25,29,37,39,49H,2-4,7,13,15,17,19-23,26-28H2,1H3,(H,51,59)(H,52,60)(H,53,58,61)/t37-,39?/m0/s1. The van der Waals surface area contributed by atoms with Crippen molar-refractivity contribution < 1.29 is 42.9 Å². The minimum absolute atomic E-state index is 0.158. The number of aromatic nitrogens is 5. The fourth-order valence-corrected chi connectivity index (χ4v) is 8.06. The van der Waals surface area contributed by atoms with E-state index in [4.69, 9.17) is 18.9 Å². The summed E-state index contributed by atoms with van der Waals surface area (Å²) in [5.41, 5.74) is 4.39. The van der Waals surface area contributed by atoms with E-state index in [1.54, 1.807) is 36.5 Å². The van der Waals surface area contributed by atoms with E-state index >= 15 is 0 Å². The highest BCUT2D eigenvalue weighted by Gasteiger charge is 2.40. The van der Waals surface area contributed by atoms with E-state index in [1.165, 1.54) is 11.2 Å². The Morgan fingerprint density at radius 3 is 2.62 bits per heavy atom. The van der Waals surface area contributed by atoms with Gasteiger partial charge in [0.05, 0.1) is 25.8 Å². The second-order valence-electron chi connectivity index (χ2n) is 16.1. The molecule has 5 heterocycles. The van der Waals surface area contributed by atoms with E-state index in [0.29, 0.717) is 97.9 Å². The lowest BCUT2D eigenvalue weighted by Crippen LogP contribution is -2.52. The van der Waals surface area contributed by atoms with Gasteiger partial charge in [-0.25, -0.2) is 9.97 Å². The highest BCUT2D eigenvalue weighted by atomic mass is 16.5. The van der Waals surface area contributed by atoms with Gasteiger partial charge in [-0.05, 0) is 86.7 Å². The Hall–Kier alpha value is -7.25. The Balaban J connectivity index is 0.692. The van der Waals surface area contributed by atoms with Crippen LogP contribution < -0.4 is 30.7 Å². The predicted molar refractivity (Wildman–Crippen MR) is 239 cm³/mol. The molecule has 2 aromatic heterocycles. The Kier molecular flexibility index (Phi) is 14.8. The number of anilines is 2. The number of ether oxygens (including phenoxy) is 4. The lowest BCUT2D eigenvalue weighted by atomic mass is 9.99. The maximum Gasteiger partial charge on any atom is 0.255 e. The smallest absolute Gasteiger partial charge is 0.255 e. The highest BCUT2D eigenvalue weighted by molar-refractivity contribution is 6.07. The molecule has 2 atom stereocenters. The molecule has 3 aliphatic heterocycles. The van der Waals surface area contributed by atoms with Gasteiger partial charge >= 0.3 is 0 Å². The van der Waals surface area contributed by atoms with Crippen LogP contribution in [0.15, 0.2) is 79.3 Å². The molecule has 1 unspecified atom stereocenters. The second-order valence-corrected chi connectivity index (χ2v) is 16.1. The summed E-state index contributed by atoms with van der Waals surface area (Å²) in [6.07, 6.45) is 7.43. The number of hydrogen-bond acceptors (Lipinski definition) is 14. The molecular weight excluding hydrogens is 849 g/mol. The number of piperidine rings is 1. The summed E-state index contributed by atoms with van der Waals surface area (Å²) in [6.45, 7) is 2.85. The van der Waals surface area contributed by atoms with Crippen molar-refractivity contribution in [3.8, 4) is 23.0 Å². The third-order valence-electron chi connectivity index (χ3n) is 11.5. The summed E-state index contributed by atoms with van der Waals surface area (Å²) in [5, 5.41) is 20.2. The first-order valence-corrected chi connectivity index (χ1v) is 22.1. The van der Waals surface area contributed by atoms with Crippen molar-refractivity contribution in [2.24, 2.45) is 7.05 Å². The van der Waals surface area contributed by atoms with Gasteiger partial charge in [-0.15, -0.1) is 10.2 Å². The average Bonchev–Trinajstić information content (AvgIpc) is 3.87. The summed E-state index contributed by atoms with van der Waals surface area (Å²) < 4.78 is 25.2. The average molecular weight is 901 g/mol. The molecule has 0 radical (unpaired) electrons. The van der Waals surface area contributed by atoms with Crippen LogP contribution in [0, 0.1) is 0 Å². The van der Waals surface area contributed by atoms with E-state index in [9.17, 15) is 24.0 Å². The maximum atomic E-state index is 13.5. The zero-order valence-corrected chi connectivity index (χ0v) is 36.6. The van der Waals surface area contributed by atoms with Crippen molar-refractivity contribution in [2.75, 3.05) is 50.3 Å². The number of rotatable bonds is 21. The van der Waals surface area contributed by atoms with Gasteiger partial charge in [0.25, 0.3) is 11.8 Å². The Morgan fingerprint density at radius 1 is 0.909 bits per heavy atom. The first kappa shape index (κ1) is 45.3. The lowest BCUT2D eigenvalue weighted by Gasteiger charge is -2.29. The molecule has 19 nitrogen and oxygen atoms in total. The largest absolute Gasteiger partial charge is 0.494 e. The van der Waals surface area contributed by atoms with Crippen molar-refractivity contribution in [2.45, 2.75) is 70.1 Å². The van der Waals surface area contributed by atoms with Crippen LogP contribution in [-0.4, -0.2) is 105 Å². The first-order chi connectivity index (χ1) is 32.2. The zero-order valence-electron chi connectivity index (χ0n) is 36.6. The van der Waals surface area contributed by atoms with Crippen LogP contribution in [0.4, 0.5) is 11.4 Å². The van der Waals surface area contributed by atoms with Gasteiger partial charge in [-0.1, -0.05) is 12.1 Å². The molecule has 344 valence electrons. The van der Waals surface area contributed by atoms with Crippen molar-refractivity contribution in [1.29, 1.82) is 0 Å². The molecule has 0 aliphatic carbocycles. The van der Waals surface area contributed by atoms with E-state index < -0.39 is 11.9 Å². The maximum absolute atomic E-state index is 13.5. The normalized spacial score (nSPS) is 16.5. The molecule has 0 saturated carbocycles. The third-order valence-corrected chi connectivity index (χ3v) is 11.5. The number of unbranched alkanes of at least 4 members (excludes halogenated alkanes) is 2. The number of benzene rings is 3. The number of hydrogen-bond donors (Lipinski definition) is 4. The number of amides is 5. The lowest BCUT2D eigenvalue weighted by molar-refractivity contribution is -0.137. The molecule has 1 fully saturated rings. The summed E-state index contributed by atoms with van der Waals surface area (Å²) in [4.78, 5) is 72.9. The van der Waals surface area contributed by atoms with Gasteiger partial charge in [0.2, 0.25) is 17.7 Å². The molecule has 5 amide bonds. The fraction of sp³-hybridized carbons (Fsp3) is 0.383. The molecule has 8 rings (SSSR count). The highest BCUT2D eigenvalue weighted by Crippen LogP contribution is 2.36. The van der Waals surface area contributed by atoms with Crippen LogP contribution in [0.2, 0.25) is 0 Å². The van der Waals surface area contributed by atoms with Crippen molar-refractivity contribution in [3.05, 3.63) is 107 Å². The van der Waals surface area contributed by atoms with Crippen molar-refractivity contribution in [1.82, 2.24) is 40.3 Å². The Bertz CT molecular complexity index is 2550. The van der Waals surface area contributed by atoms with Gasteiger partial charge in [-0.3, -0.25) is 29.3 Å². The van der Waals surface area contributed by atoms with Gasteiger partial charge in [-0.2, -0.15) is 0 Å². The summed E-state index contributed by atoms with van der Waals surface area (Å²) in [7, 11) is 1.88. The number of carbonyl (C=O) groups excluding carboxylic acids is 5. The van der Waals surface area contributed by atoms with Gasteiger partial charge in [0.1, 0.15) is 36.2 Å². The molecule has 1 saturated heterocycles. The van der Waals surface area contributed by atoms with E-state index in [-0.39, 0.29) is 55.7 Å². The zero-order chi connectivity index (χ0) is 45.8. The van der Waals surface area contributed by atoms with Gasteiger partial charge < -0.3 is 44.4 Å². The minimum atomic E-state index is -0.733. The molecule has 5 aromatic rings. The Labute approximate surface area is 381 Å². The quantitative estimate of drug-likeness (QED) is 0.0587. The molecular formula is C47H52N10O9. The van der Waals surface area contributed by atoms with Crippen LogP contribution >= 0.6 is 0 Å². The first-order valence-electron chi connectivity index (χ1n) is 22.1. The van der Waals surface area contributed by atoms with Crippen LogP contribution in [0.5, 0.6) is 11.5 Å². The summed E-state index contributed by atoms with van der Waals surface area (Å²) in [6, 6.07) is 18.9. The minimum Gasteiger partial charge on any atom is -0.494 e. The molecule has 3 aromatic carbocycles. The molecule has 4 N–H and O–H groups in total. The molecule has 0 spiro atoms. The summed E-state index contributed by atoms with van der Waals surface area (Å²) in [5.74, 6) is 1.09. The van der Waals surface area contributed by atoms with Crippen molar-refractivity contribution in [3.63, 3.8) is 0 Å². The molecule has 66 heavy (non-hydrogen) atoms. The van der Waals surface area contributed by atoms with Crippen LogP contribution in [-0.2, 0) is 44.0 Å². The van der Waals surface area contributed by atoms with Crippen LogP contribution in [0.1, 0.15) is 88.7 Å². The van der Waals surface area contributed by atoms with E-state index in [1.807, 2.05) is 48.0 Å². The molecule has 19 heteroatoms. The topological polar surface area (TPSA) is 230 Å². The molecule has 3 aliphatic rings. The number of imide groups is 1. The number of nitrogens with one attached hydrogen (secondary N) is 4. The molecule has 0 bridgehead atoms. The number of carbonyl (C=O) groups is 5. The van der Waals surface area contributed by atoms with Crippen LogP contribution in [0.3, 0.4) is 0 Å². The van der Waals surface area contributed by atoms with E-state index in [0.717, 1.165) is 36.3 Å². The number of fused-ring (bicyclic) bond motifs is 2. The van der Waals surface area contributed by atoms with Gasteiger partial charge in [0.15, 0.2) is 11.6 Å². The predicted octanol–water partition coefficient (Wildman–Crippen LogP) is 4.51. The monoisotopic (exact) mass is 900 g/mol. The van der Waals surface area contributed by atoms with Gasteiger partial charge in [0, 0.05) is 86.1 Å². The summed E-state index contributed by atoms with van der Waals surface area (Å²) >= 11 is 0. The SMILES string of the molecule is Cn1c(CNc2cccc(C(=O)N[C@H]3CCOc4ccc(OCCCCCOCCCOCC(=O)Nc5cccc6c5CN(C5CCC(=O)NC5=O)C6=O)cc43)c2)nnc1-c1ccncn1. The van der Waals surface area contributed by atoms with E-state index in [2.05, 4.69) is 41.4 Å². The third kappa shape index (κ3) is 11.2. The number of nitrogens with zero attached hydrogens (tertiary/aromatic N) is 6. The second kappa shape index (κ2) is 21.6. The Morgan fingerprint density at radius 2 is 1.76 bits per heavy atom.